The molecular formula is C8H5N3O2S. The Morgan fingerprint density at radius 1 is 1.36 bits per heavy atom. The van der Waals surface area contributed by atoms with Gasteiger partial charge in [0, 0.05) is 17.8 Å². The second-order valence-corrected chi connectivity index (χ2v) is 3.30. The molecule has 5 nitrogen and oxygen atoms in total. The first-order valence-corrected chi connectivity index (χ1v) is 4.61. The second-order valence-electron chi connectivity index (χ2n) is 2.41. The van der Waals surface area contributed by atoms with Crippen molar-refractivity contribution in [1.82, 2.24) is 15.0 Å². The van der Waals surface area contributed by atoms with E-state index < -0.39 is 5.97 Å². The van der Waals surface area contributed by atoms with Crippen molar-refractivity contribution in [2.45, 2.75) is 0 Å². The van der Waals surface area contributed by atoms with Gasteiger partial charge in [-0.2, -0.15) is 0 Å². The van der Waals surface area contributed by atoms with Crippen LogP contribution in [-0.4, -0.2) is 26.0 Å². The van der Waals surface area contributed by atoms with Crippen LogP contribution in [0.4, 0.5) is 0 Å². The van der Waals surface area contributed by atoms with Gasteiger partial charge in [0.25, 0.3) is 0 Å². The van der Waals surface area contributed by atoms with E-state index in [0.29, 0.717) is 10.7 Å². The second kappa shape index (κ2) is 3.51. The van der Waals surface area contributed by atoms with Gasteiger partial charge in [0.2, 0.25) is 5.82 Å². The third-order valence-electron chi connectivity index (χ3n) is 1.50. The van der Waals surface area contributed by atoms with Crippen molar-refractivity contribution in [2.24, 2.45) is 0 Å². The molecule has 0 aliphatic carbocycles. The number of carboxylic acids is 1. The van der Waals surface area contributed by atoms with Crippen LogP contribution in [0.5, 0.6) is 0 Å². The fourth-order valence-electron chi connectivity index (χ4n) is 0.931. The van der Waals surface area contributed by atoms with Crippen LogP contribution in [0.1, 0.15) is 10.6 Å². The van der Waals surface area contributed by atoms with Crippen molar-refractivity contribution < 1.29 is 9.90 Å². The van der Waals surface area contributed by atoms with Gasteiger partial charge in [-0.1, -0.05) is 0 Å². The highest BCUT2D eigenvalue weighted by molar-refractivity contribution is 7.13. The normalized spacial score (nSPS) is 10.0. The first-order chi connectivity index (χ1) is 6.77. The summed E-state index contributed by atoms with van der Waals surface area (Å²) in [5.74, 6) is -1.35. The van der Waals surface area contributed by atoms with Crippen molar-refractivity contribution in [2.75, 3.05) is 0 Å². The van der Waals surface area contributed by atoms with E-state index in [9.17, 15) is 4.79 Å². The number of carbonyl (C=O) groups is 1. The van der Waals surface area contributed by atoms with Crippen LogP contribution in [0.15, 0.2) is 23.8 Å². The fraction of sp³-hybridized carbons (Fsp3) is 0. The molecule has 1 N–H and O–H groups in total. The van der Waals surface area contributed by atoms with Crippen molar-refractivity contribution in [1.29, 1.82) is 0 Å². The Morgan fingerprint density at radius 2 is 2.21 bits per heavy atom. The van der Waals surface area contributed by atoms with Crippen LogP contribution in [0.25, 0.3) is 10.7 Å². The average Bonchev–Trinajstić information content (AvgIpc) is 2.71. The molecule has 0 bridgehead atoms. The number of carboxylic acid groups (broad SMARTS) is 1. The van der Waals surface area contributed by atoms with Crippen LogP contribution in [-0.2, 0) is 0 Å². The highest BCUT2D eigenvalue weighted by Gasteiger charge is 2.09. The summed E-state index contributed by atoms with van der Waals surface area (Å²) in [5, 5.41) is 11.2. The number of hydrogen-bond donors (Lipinski definition) is 1. The lowest BCUT2D eigenvalue weighted by molar-refractivity contribution is 0.0683. The molecule has 0 aliphatic heterocycles. The van der Waals surface area contributed by atoms with Crippen LogP contribution in [0.2, 0.25) is 0 Å². The van der Waals surface area contributed by atoms with E-state index in [0.717, 1.165) is 0 Å². The zero-order valence-corrected chi connectivity index (χ0v) is 7.73. The molecule has 0 fully saturated rings. The SMILES string of the molecule is O=C(O)c1nccc(-c2nccs2)n1. The lowest BCUT2D eigenvalue weighted by atomic mass is 10.4. The highest BCUT2D eigenvalue weighted by atomic mass is 32.1. The molecule has 2 rings (SSSR count). The molecule has 0 amide bonds. The van der Waals surface area contributed by atoms with Gasteiger partial charge in [0.05, 0.1) is 0 Å². The van der Waals surface area contributed by atoms with E-state index in [1.807, 2.05) is 0 Å². The molecular weight excluding hydrogens is 202 g/mol. The Morgan fingerprint density at radius 3 is 2.86 bits per heavy atom. The van der Waals surface area contributed by atoms with Crippen LogP contribution in [0.3, 0.4) is 0 Å². The molecule has 14 heavy (non-hydrogen) atoms. The molecule has 0 aromatic carbocycles. The minimum absolute atomic E-state index is 0.210. The molecule has 70 valence electrons. The predicted octanol–water partition coefficient (Wildman–Crippen LogP) is 1.30. The Kier molecular flexibility index (Phi) is 2.19. The lowest BCUT2D eigenvalue weighted by Gasteiger charge is -1.95. The molecule has 0 radical (unpaired) electrons. The number of aromatic carboxylic acids is 1. The topological polar surface area (TPSA) is 76.0 Å². The molecule has 0 atom stereocenters. The summed E-state index contributed by atoms with van der Waals surface area (Å²) in [7, 11) is 0. The number of aromatic nitrogens is 3. The quantitative estimate of drug-likeness (QED) is 0.803. The van der Waals surface area contributed by atoms with E-state index in [1.165, 1.54) is 17.5 Å². The average molecular weight is 207 g/mol. The molecule has 2 heterocycles. The minimum atomic E-state index is -1.14. The maximum atomic E-state index is 10.6. The zero-order chi connectivity index (χ0) is 9.97. The highest BCUT2D eigenvalue weighted by Crippen LogP contribution is 2.18. The molecule has 0 spiro atoms. The monoisotopic (exact) mass is 207 g/mol. The standard InChI is InChI=1S/C8H5N3O2S/c12-8(13)6-9-2-1-5(11-6)7-10-3-4-14-7/h1-4H,(H,12,13). The fourth-order valence-corrected chi connectivity index (χ4v) is 1.54. The van der Waals surface area contributed by atoms with E-state index in [-0.39, 0.29) is 5.82 Å². The van der Waals surface area contributed by atoms with E-state index in [2.05, 4.69) is 15.0 Å². The molecule has 6 heteroatoms. The van der Waals surface area contributed by atoms with Crippen molar-refractivity contribution >= 4 is 17.3 Å². The Labute approximate surface area is 83.1 Å². The molecule has 2 aromatic heterocycles. The Bertz CT molecular complexity index is 455. The van der Waals surface area contributed by atoms with Crippen LogP contribution < -0.4 is 0 Å². The summed E-state index contributed by atoms with van der Waals surface area (Å²) in [4.78, 5) is 22.1. The third-order valence-corrected chi connectivity index (χ3v) is 2.29. The predicted molar refractivity (Wildman–Crippen MR) is 50.1 cm³/mol. The maximum Gasteiger partial charge on any atom is 0.373 e. The van der Waals surface area contributed by atoms with E-state index >= 15 is 0 Å². The lowest BCUT2D eigenvalue weighted by Crippen LogP contribution is -2.03. The summed E-state index contributed by atoms with van der Waals surface area (Å²) in [6.45, 7) is 0. The summed E-state index contributed by atoms with van der Waals surface area (Å²) in [5.41, 5.74) is 0.535. The van der Waals surface area contributed by atoms with Crippen LogP contribution >= 0.6 is 11.3 Å². The Hall–Kier alpha value is -1.82. The van der Waals surface area contributed by atoms with Gasteiger partial charge < -0.3 is 5.11 Å². The first-order valence-electron chi connectivity index (χ1n) is 3.73. The first kappa shape index (κ1) is 8.76. The third kappa shape index (κ3) is 1.60. The van der Waals surface area contributed by atoms with Crippen molar-refractivity contribution in [3.8, 4) is 10.7 Å². The molecule has 0 saturated heterocycles. The van der Waals surface area contributed by atoms with Gasteiger partial charge in [-0.25, -0.2) is 19.7 Å². The van der Waals surface area contributed by atoms with Gasteiger partial charge >= 0.3 is 5.97 Å². The van der Waals surface area contributed by atoms with Gasteiger partial charge in [0.1, 0.15) is 10.7 Å². The van der Waals surface area contributed by atoms with Crippen LogP contribution in [0, 0.1) is 0 Å². The van der Waals surface area contributed by atoms with Crippen molar-refractivity contribution in [3.05, 3.63) is 29.7 Å². The number of hydrogen-bond acceptors (Lipinski definition) is 5. The van der Waals surface area contributed by atoms with Gasteiger partial charge in [-0.3, -0.25) is 0 Å². The van der Waals surface area contributed by atoms with Gasteiger partial charge in [-0.15, -0.1) is 11.3 Å². The summed E-state index contributed by atoms with van der Waals surface area (Å²) >= 11 is 1.40. The summed E-state index contributed by atoms with van der Waals surface area (Å²) in [6.07, 6.45) is 3.05. The van der Waals surface area contributed by atoms with Crippen molar-refractivity contribution in [3.63, 3.8) is 0 Å². The minimum Gasteiger partial charge on any atom is -0.475 e. The van der Waals surface area contributed by atoms with E-state index in [1.54, 1.807) is 17.6 Å². The molecule has 0 unspecified atom stereocenters. The largest absolute Gasteiger partial charge is 0.475 e. The van der Waals surface area contributed by atoms with Gasteiger partial charge in [0.15, 0.2) is 0 Å². The maximum absolute atomic E-state index is 10.6. The molecule has 0 aliphatic rings. The molecule has 0 saturated carbocycles. The summed E-state index contributed by atoms with van der Waals surface area (Å²) in [6, 6.07) is 1.63. The number of rotatable bonds is 2. The summed E-state index contributed by atoms with van der Waals surface area (Å²) < 4.78 is 0. The zero-order valence-electron chi connectivity index (χ0n) is 6.91. The number of nitrogens with zero attached hydrogens (tertiary/aromatic N) is 3. The smallest absolute Gasteiger partial charge is 0.373 e. The number of thiazole rings is 1. The molecule has 2 aromatic rings. The van der Waals surface area contributed by atoms with E-state index in [4.69, 9.17) is 5.11 Å². The van der Waals surface area contributed by atoms with Gasteiger partial charge in [-0.05, 0) is 6.07 Å². The Balaban J connectivity index is 2.46.